The minimum Gasteiger partial charge on any atom is -0.342 e. The van der Waals surface area contributed by atoms with E-state index in [9.17, 15) is 4.79 Å². The third kappa shape index (κ3) is 4.10. The Hall–Kier alpha value is -2.89. The van der Waals surface area contributed by atoms with Gasteiger partial charge < -0.3 is 15.6 Å². The Morgan fingerprint density at radius 2 is 2.04 bits per heavy atom. The molecule has 3 rings (SSSR count). The van der Waals surface area contributed by atoms with Gasteiger partial charge in [-0.2, -0.15) is 0 Å². The number of nitrogens with one attached hydrogen (secondary N) is 3. The zero-order valence-corrected chi connectivity index (χ0v) is 13.7. The summed E-state index contributed by atoms with van der Waals surface area (Å²) in [4.78, 5) is 23.9. The Labute approximate surface area is 140 Å². The summed E-state index contributed by atoms with van der Waals surface area (Å²) in [7, 11) is 0. The van der Waals surface area contributed by atoms with Crippen LogP contribution in [-0.4, -0.2) is 27.5 Å². The SMILES string of the molecule is Cc1cccnc1CNC(=O)NCCCc1nc2ccccc2[nH]1. The van der Waals surface area contributed by atoms with Gasteiger partial charge in [0.05, 0.1) is 23.3 Å². The number of H-pyrrole nitrogens is 1. The topological polar surface area (TPSA) is 82.7 Å². The monoisotopic (exact) mass is 323 g/mol. The Morgan fingerprint density at radius 3 is 2.88 bits per heavy atom. The number of carbonyl (C=O) groups is 1. The lowest BCUT2D eigenvalue weighted by molar-refractivity contribution is 0.240. The predicted octanol–water partition coefficient (Wildman–Crippen LogP) is 2.70. The normalized spacial score (nSPS) is 10.7. The predicted molar refractivity (Wildman–Crippen MR) is 93.6 cm³/mol. The van der Waals surface area contributed by atoms with Crippen molar-refractivity contribution in [1.29, 1.82) is 0 Å². The number of hydrogen-bond donors (Lipinski definition) is 3. The number of hydrogen-bond acceptors (Lipinski definition) is 3. The van der Waals surface area contributed by atoms with Crippen LogP contribution < -0.4 is 10.6 Å². The van der Waals surface area contributed by atoms with Crippen LogP contribution in [0.4, 0.5) is 4.79 Å². The van der Waals surface area contributed by atoms with Gasteiger partial charge in [-0.3, -0.25) is 4.98 Å². The molecule has 24 heavy (non-hydrogen) atoms. The second-order valence-electron chi connectivity index (χ2n) is 5.68. The van der Waals surface area contributed by atoms with Gasteiger partial charge in [0.2, 0.25) is 0 Å². The molecule has 0 radical (unpaired) electrons. The summed E-state index contributed by atoms with van der Waals surface area (Å²) < 4.78 is 0. The maximum Gasteiger partial charge on any atom is 0.315 e. The summed E-state index contributed by atoms with van der Waals surface area (Å²) in [5.41, 5.74) is 3.98. The van der Waals surface area contributed by atoms with Crippen molar-refractivity contribution >= 4 is 17.1 Å². The number of aromatic nitrogens is 3. The van der Waals surface area contributed by atoms with Crippen LogP contribution >= 0.6 is 0 Å². The van der Waals surface area contributed by atoms with E-state index in [0.29, 0.717) is 13.1 Å². The van der Waals surface area contributed by atoms with Crippen molar-refractivity contribution in [2.75, 3.05) is 6.54 Å². The lowest BCUT2D eigenvalue weighted by atomic mass is 10.2. The summed E-state index contributed by atoms with van der Waals surface area (Å²) >= 11 is 0. The number of urea groups is 1. The summed E-state index contributed by atoms with van der Waals surface area (Å²) in [6.45, 7) is 3.02. The number of benzene rings is 1. The Kier molecular flexibility index (Phi) is 5.05. The molecule has 3 aromatic rings. The number of rotatable bonds is 6. The maximum atomic E-state index is 11.8. The average molecular weight is 323 g/mol. The van der Waals surface area contributed by atoms with Crippen molar-refractivity contribution in [3.63, 3.8) is 0 Å². The standard InChI is InChI=1S/C18H21N5O/c1-13-6-4-10-19-16(13)12-21-18(24)20-11-5-9-17-22-14-7-2-3-8-15(14)23-17/h2-4,6-8,10H,5,9,11-12H2,1H3,(H,22,23)(H2,20,21,24). The van der Waals surface area contributed by atoms with Crippen LogP contribution in [0.15, 0.2) is 42.6 Å². The average Bonchev–Trinajstić information content (AvgIpc) is 3.01. The summed E-state index contributed by atoms with van der Waals surface area (Å²) in [6.07, 6.45) is 3.36. The molecule has 0 spiro atoms. The molecular weight excluding hydrogens is 302 g/mol. The van der Waals surface area contributed by atoms with Gasteiger partial charge in [-0.25, -0.2) is 9.78 Å². The van der Waals surface area contributed by atoms with Gasteiger partial charge in [-0.1, -0.05) is 18.2 Å². The van der Waals surface area contributed by atoms with E-state index in [4.69, 9.17) is 0 Å². The number of pyridine rings is 1. The highest BCUT2D eigenvalue weighted by Crippen LogP contribution is 2.11. The minimum atomic E-state index is -0.176. The molecule has 2 aromatic heterocycles. The maximum absolute atomic E-state index is 11.8. The molecule has 1 aromatic carbocycles. The molecule has 6 nitrogen and oxygen atoms in total. The molecule has 0 saturated heterocycles. The van der Waals surface area contributed by atoms with Crippen molar-refractivity contribution in [2.24, 2.45) is 0 Å². The molecule has 0 aliphatic heterocycles. The van der Waals surface area contributed by atoms with Gasteiger partial charge in [-0.15, -0.1) is 0 Å². The molecular formula is C18H21N5O. The van der Waals surface area contributed by atoms with Gasteiger partial charge in [0, 0.05) is 19.2 Å². The van der Waals surface area contributed by atoms with E-state index >= 15 is 0 Å². The summed E-state index contributed by atoms with van der Waals surface area (Å²) in [5.74, 6) is 0.947. The zero-order chi connectivity index (χ0) is 16.8. The first-order valence-electron chi connectivity index (χ1n) is 8.08. The third-order valence-electron chi connectivity index (χ3n) is 3.85. The molecule has 2 heterocycles. The summed E-state index contributed by atoms with van der Waals surface area (Å²) in [5, 5.41) is 5.68. The van der Waals surface area contributed by atoms with Crippen molar-refractivity contribution in [1.82, 2.24) is 25.6 Å². The number of aryl methyl sites for hydroxylation is 2. The van der Waals surface area contributed by atoms with Crippen LogP contribution in [-0.2, 0) is 13.0 Å². The molecule has 2 amide bonds. The second kappa shape index (κ2) is 7.59. The number of nitrogens with zero attached hydrogens (tertiary/aromatic N) is 2. The molecule has 6 heteroatoms. The van der Waals surface area contributed by atoms with E-state index in [-0.39, 0.29) is 6.03 Å². The van der Waals surface area contributed by atoms with Gasteiger partial charge in [-0.05, 0) is 37.1 Å². The molecule has 0 fully saturated rings. The van der Waals surface area contributed by atoms with Crippen molar-refractivity contribution in [2.45, 2.75) is 26.3 Å². The van der Waals surface area contributed by atoms with E-state index in [0.717, 1.165) is 41.0 Å². The van der Waals surface area contributed by atoms with Crippen LogP contribution in [0.25, 0.3) is 11.0 Å². The van der Waals surface area contributed by atoms with Gasteiger partial charge >= 0.3 is 6.03 Å². The van der Waals surface area contributed by atoms with Crippen molar-refractivity contribution in [3.05, 3.63) is 59.7 Å². The highest BCUT2D eigenvalue weighted by Gasteiger charge is 2.04. The molecule has 3 N–H and O–H groups in total. The van der Waals surface area contributed by atoms with Crippen LogP contribution in [0.5, 0.6) is 0 Å². The lowest BCUT2D eigenvalue weighted by Gasteiger charge is -2.08. The van der Waals surface area contributed by atoms with E-state index in [2.05, 4.69) is 25.6 Å². The highest BCUT2D eigenvalue weighted by atomic mass is 16.2. The third-order valence-corrected chi connectivity index (χ3v) is 3.85. The number of fused-ring (bicyclic) bond motifs is 1. The van der Waals surface area contributed by atoms with Crippen LogP contribution in [0.1, 0.15) is 23.5 Å². The van der Waals surface area contributed by atoms with E-state index in [1.54, 1.807) is 6.20 Å². The van der Waals surface area contributed by atoms with Gasteiger partial charge in [0.1, 0.15) is 5.82 Å². The first-order valence-corrected chi connectivity index (χ1v) is 8.08. The molecule has 0 saturated carbocycles. The fraction of sp³-hybridized carbons (Fsp3) is 0.278. The lowest BCUT2D eigenvalue weighted by Crippen LogP contribution is -2.36. The molecule has 0 aliphatic carbocycles. The summed E-state index contributed by atoms with van der Waals surface area (Å²) in [6, 6.07) is 11.6. The van der Waals surface area contributed by atoms with Gasteiger partial charge in [0.25, 0.3) is 0 Å². The molecule has 0 aliphatic rings. The highest BCUT2D eigenvalue weighted by molar-refractivity contribution is 5.75. The van der Waals surface area contributed by atoms with E-state index in [1.807, 2.05) is 43.3 Å². The molecule has 124 valence electrons. The van der Waals surface area contributed by atoms with Crippen LogP contribution in [0.2, 0.25) is 0 Å². The van der Waals surface area contributed by atoms with E-state index < -0.39 is 0 Å². The number of aromatic amines is 1. The number of amides is 2. The molecule has 0 bridgehead atoms. The fourth-order valence-corrected chi connectivity index (χ4v) is 2.51. The van der Waals surface area contributed by atoms with Gasteiger partial charge in [0.15, 0.2) is 0 Å². The van der Waals surface area contributed by atoms with E-state index in [1.165, 1.54) is 0 Å². The largest absolute Gasteiger partial charge is 0.342 e. The fourth-order valence-electron chi connectivity index (χ4n) is 2.51. The second-order valence-corrected chi connectivity index (χ2v) is 5.68. The van der Waals surface area contributed by atoms with Crippen LogP contribution in [0.3, 0.4) is 0 Å². The Bertz CT molecular complexity index is 794. The van der Waals surface area contributed by atoms with Crippen molar-refractivity contribution < 1.29 is 4.79 Å². The number of carbonyl (C=O) groups excluding carboxylic acids is 1. The Morgan fingerprint density at radius 1 is 1.17 bits per heavy atom. The number of imidazole rings is 1. The molecule has 0 atom stereocenters. The molecule has 0 unspecified atom stereocenters. The Balaban J connectivity index is 1.38. The first-order chi connectivity index (χ1) is 11.7. The first kappa shape index (κ1) is 16.0. The van der Waals surface area contributed by atoms with Crippen LogP contribution in [0, 0.1) is 6.92 Å². The zero-order valence-electron chi connectivity index (χ0n) is 13.7. The smallest absolute Gasteiger partial charge is 0.315 e. The quantitative estimate of drug-likeness (QED) is 0.610. The minimum absolute atomic E-state index is 0.176. The van der Waals surface area contributed by atoms with Crippen molar-refractivity contribution in [3.8, 4) is 0 Å². The number of para-hydroxylation sites is 2.